The molecule has 1 amide bonds. The maximum Gasteiger partial charge on any atom is 0.341 e. The van der Waals surface area contributed by atoms with Crippen LogP contribution in [0, 0.1) is 5.41 Å². The first-order valence-corrected chi connectivity index (χ1v) is 9.05. The minimum absolute atomic E-state index is 0.0194. The number of hydrogen-bond donors (Lipinski definition) is 2. The summed E-state index contributed by atoms with van der Waals surface area (Å²) in [5.74, 6) is -3.72. The summed E-state index contributed by atoms with van der Waals surface area (Å²) >= 11 is 0. The Hall–Kier alpha value is -1.58. The van der Waals surface area contributed by atoms with Gasteiger partial charge in [-0.25, -0.2) is 8.42 Å². The van der Waals surface area contributed by atoms with Crippen LogP contribution in [0.4, 0.5) is 14.5 Å². The van der Waals surface area contributed by atoms with Crippen molar-refractivity contribution in [3.05, 3.63) is 24.3 Å². The Labute approximate surface area is 139 Å². The van der Waals surface area contributed by atoms with Gasteiger partial charge in [-0.15, -0.1) is 0 Å². The van der Waals surface area contributed by atoms with E-state index < -0.39 is 20.5 Å². The van der Waals surface area contributed by atoms with Crippen LogP contribution in [0.1, 0.15) is 13.3 Å². The molecule has 1 aromatic carbocycles. The Morgan fingerprint density at radius 2 is 2.00 bits per heavy atom. The fourth-order valence-corrected chi connectivity index (χ4v) is 3.38. The van der Waals surface area contributed by atoms with E-state index >= 15 is 0 Å². The van der Waals surface area contributed by atoms with Crippen LogP contribution in [0.5, 0.6) is 0 Å². The van der Waals surface area contributed by atoms with Crippen molar-refractivity contribution in [3.63, 3.8) is 0 Å². The Morgan fingerprint density at radius 1 is 1.38 bits per heavy atom. The van der Waals surface area contributed by atoms with Crippen LogP contribution >= 0.6 is 0 Å². The molecule has 6 nitrogen and oxygen atoms in total. The van der Waals surface area contributed by atoms with E-state index in [1.54, 1.807) is 0 Å². The third-order valence-corrected chi connectivity index (χ3v) is 5.60. The molecular weight excluding hydrogens is 340 g/mol. The lowest BCUT2D eigenvalue weighted by molar-refractivity contribution is -0.117. The number of alkyl halides is 2. The third kappa shape index (κ3) is 4.28. The van der Waals surface area contributed by atoms with Crippen molar-refractivity contribution >= 4 is 21.4 Å². The molecule has 0 radical (unpaired) electrons. The topological polar surface area (TPSA) is 92.5 Å². The molecule has 1 unspecified atom stereocenters. The zero-order valence-corrected chi connectivity index (χ0v) is 14.2. The highest BCUT2D eigenvalue weighted by atomic mass is 32.2. The maximum atomic E-state index is 12.5. The number of rotatable bonds is 6. The van der Waals surface area contributed by atoms with Gasteiger partial charge >= 0.3 is 5.76 Å². The average molecular weight is 361 g/mol. The molecule has 0 spiro atoms. The normalized spacial score (nSPS) is 22.0. The molecule has 9 heteroatoms. The van der Waals surface area contributed by atoms with E-state index in [0.29, 0.717) is 12.2 Å². The number of halogens is 2. The quantitative estimate of drug-likeness (QED) is 0.797. The van der Waals surface area contributed by atoms with Gasteiger partial charge in [-0.2, -0.15) is 8.78 Å². The standard InChI is InChI=1S/C15H21F2N3O3S/c1-15(9-18)6-7-20(10-15)8-13(21)19-11-2-4-12(5-3-11)24(22,23)14(16)17/h2-5,14H,6-10,18H2,1H3,(H,19,21). The van der Waals surface area contributed by atoms with E-state index in [1.807, 2.05) is 4.90 Å². The second-order valence-corrected chi connectivity index (χ2v) is 8.27. The van der Waals surface area contributed by atoms with Gasteiger partial charge in [-0.1, -0.05) is 6.92 Å². The minimum atomic E-state index is -4.62. The van der Waals surface area contributed by atoms with Gasteiger partial charge < -0.3 is 11.1 Å². The second-order valence-electron chi connectivity index (χ2n) is 6.35. The monoisotopic (exact) mass is 361 g/mol. The lowest BCUT2D eigenvalue weighted by Gasteiger charge is -2.22. The van der Waals surface area contributed by atoms with Gasteiger partial charge in [0.25, 0.3) is 0 Å². The number of amides is 1. The predicted octanol–water partition coefficient (Wildman–Crippen LogP) is 1.29. The minimum Gasteiger partial charge on any atom is -0.330 e. The Kier molecular flexibility index (Phi) is 5.56. The van der Waals surface area contributed by atoms with Crippen molar-refractivity contribution in [3.8, 4) is 0 Å². The number of likely N-dealkylation sites (tertiary alicyclic amines) is 1. The largest absolute Gasteiger partial charge is 0.341 e. The van der Waals surface area contributed by atoms with Crippen LogP contribution in [0.3, 0.4) is 0 Å². The van der Waals surface area contributed by atoms with Gasteiger partial charge in [-0.05, 0) is 49.2 Å². The van der Waals surface area contributed by atoms with Crippen LogP contribution < -0.4 is 11.1 Å². The third-order valence-electron chi connectivity index (χ3n) is 4.20. The highest BCUT2D eigenvalue weighted by molar-refractivity contribution is 7.91. The summed E-state index contributed by atoms with van der Waals surface area (Å²) in [7, 11) is -4.62. The molecule has 1 heterocycles. The number of nitrogens with one attached hydrogen (secondary N) is 1. The van der Waals surface area contributed by atoms with Crippen molar-refractivity contribution in [2.24, 2.45) is 11.1 Å². The number of anilines is 1. The summed E-state index contributed by atoms with van der Waals surface area (Å²) in [4.78, 5) is 13.6. The lowest BCUT2D eigenvalue weighted by Crippen LogP contribution is -2.35. The smallest absolute Gasteiger partial charge is 0.330 e. The van der Waals surface area contributed by atoms with Gasteiger partial charge in [0.1, 0.15) is 0 Å². The van der Waals surface area contributed by atoms with Crippen molar-refractivity contribution in [2.45, 2.75) is 24.0 Å². The Morgan fingerprint density at radius 3 is 2.50 bits per heavy atom. The number of carbonyl (C=O) groups excluding carboxylic acids is 1. The van der Waals surface area contributed by atoms with Gasteiger partial charge in [0.2, 0.25) is 15.7 Å². The summed E-state index contributed by atoms with van der Waals surface area (Å²) in [6.07, 6.45) is 0.928. The number of hydrogen-bond acceptors (Lipinski definition) is 5. The van der Waals surface area contributed by atoms with Crippen molar-refractivity contribution in [1.29, 1.82) is 0 Å². The Bertz CT molecular complexity index is 694. The molecule has 2 rings (SSSR count). The first-order valence-electron chi connectivity index (χ1n) is 7.51. The summed E-state index contributed by atoms with van der Waals surface area (Å²) < 4.78 is 47.6. The number of nitrogens with zero attached hydrogens (tertiary/aromatic N) is 1. The van der Waals surface area contributed by atoms with Gasteiger partial charge in [0, 0.05) is 12.2 Å². The van der Waals surface area contributed by atoms with E-state index in [0.717, 1.165) is 31.6 Å². The predicted molar refractivity (Wildman–Crippen MR) is 86.5 cm³/mol. The summed E-state index contributed by atoms with van der Waals surface area (Å²) in [6.45, 7) is 4.36. The van der Waals surface area contributed by atoms with E-state index in [1.165, 1.54) is 12.1 Å². The molecule has 1 fully saturated rings. The van der Waals surface area contributed by atoms with Gasteiger partial charge in [0.05, 0.1) is 11.4 Å². The van der Waals surface area contributed by atoms with E-state index in [-0.39, 0.29) is 17.9 Å². The molecule has 1 atom stereocenters. The molecule has 24 heavy (non-hydrogen) atoms. The molecule has 0 saturated carbocycles. The van der Waals surface area contributed by atoms with Crippen LogP contribution in [0.25, 0.3) is 0 Å². The lowest BCUT2D eigenvalue weighted by atomic mass is 9.90. The molecule has 0 bridgehead atoms. The number of sulfone groups is 1. The molecule has 0 aliphatic carbocycles. The van der Waals surface area contributed by atoms with E-state index in [4.69, 9.17) is 5.73 Å². The second kappa shape index (κ2) is 7.12. The summed E-state index contributed by atoms with van der Waals surface area (Å²) in [5.41, 5.74) is 6.10. The van der Waals surface area contributed by atoms with Gasteiger partial charge in [-0.3, -0.25) is 9.69 Å². The summed E-state index contributed by atoms with van der Waals surface area (Å²) in [5, 5.41) is 2.63. The maximum absolute atomic E-state index is 12.5. The fraction of sp³-hybridized carbons (Fsp3) is 0.533. The number of nitrogens with two attached hydrogens (primary N) is 1. The molecule has 1 aliphatic heterocycles. The van der Waals surface area contributed by atoms with Crippen LogP contribution in [-0.2, 0) is 14.6 Å². The molecule has 1 aliphatic rings. The van der Waals surface area contributed by atoms with E-state index in [9.17, 15) is 22.0 Å². The molecule has 134 valence electrons. The molecule has 1 aromatic rings. The van der Waals surface area contributed by atoms with Gasteiger partial charge in [0.15, 0.2) is 0 Å². The number of carbonyl (C=O) groups is 1. The van der Waals surface area contributed by atoms with Crippen LogP contribution in [-0.4, -0.2) is 51.2 Å². The molecule has 1 saturated heterocycles. The highest BCUT2D eigenvalue weighted by Crippen LogP contribution is 2.28. The van der Waals surface area contributed by atoms with Crippen molar-refractivity contribution < 1.29 is 22.0 Å². The van der Waals surface area contributed by atoms with Crippen LogP contribution in [0.2, 0.25) is 0 Å². The summed E-state index contributed by atoms with van der Waals surface area (Å²) in [6, 6.07) is 4.69. The first-order chi connectivity index (χ1) is 11.2. The van der Waals surface area contributed by atoms with Crippen molar-refractivity contribution in [1.82, 2.24) is 4.90 Å². The molecule has 3 N–H and O–H groups in total. The fourth-order valence-electron chi connectivity index (χ4n) is 2.66. The van der Waals surface area contributed by atoms with E-state index in [2.05, 4.69) is 12.2 Å². The average Bonchev–Trinajstić information content (AvgIpc) is 2.89. The first kappa shape index (κ1) is 18.8. The number of benzene rings is 1. The molecule has 0 aromatic heterocycles. The zero-order chi connectivity index (χ0) is 18.0. The SMILES string of the molecule is CC1(CN)CCN(CC(=O)Nc2ccc(S(=O)(=O)C(F)F)cc2)C1. The Balaban J connectivity index is 1.94. The van der Waals surface area contributed by atoms with Crippen molar-refractivity contribution in [2.75, 3.05) is 31.5 Å². The van der Waals surface area contributed by atoms with Crippen LogP contribution in [0.15, 0.2) is 29.2 Å². The molecular formula is C15H21F2N3O3S. The zero-order valence-electron chi connectivity index (χ0n) is 13.3. The highest BCUT2D eigenvalue weighted by Gasteiger charge is 2.33.